The number of hydrogen-bond acceptors (Lipinski definition) is 3. The van der Waals surface area contributed by atoms with Crippen LogP contribution in [0.4, 0.5) is 0 Å². The zero-order valence-electron chi connectivity index (χ0n) is 10.8. The van der Waals surface area contributed by atoms with Crippen LogP contribution in [0.2, 0.25) is 0 Å². The molecule has 0 amide bonds. The molecule has 1 aromatic heterocycles. The molecule has 1 aromatic carbocycles. The van der Waals surface area contributed by atoms with E-state index < -0.39 is 0 Å². The van der Waals surface area contributed by atoms with Crippen LogP contribution in [0.1, 0.15) is 24.7 Å². The van der Waals surface area contributed by atoms with Crippen LogP contribution in [0.5, 0.6) is 11.5 Å². The summed E-state index contributed by atoms with van der Waals surface area (Å²) in [6, 6.07) is 5.25. The van der Waals surface area contributed by atoms with Gasteiger partial charge in [0.1, 0.15) is 17.3 Å². The number of methoxy groups -OCH3 is 1. The van der Waals surface area contributed by atoms with Gasteiger partial charge in [-0.05, 0) is 24.6 Å². The molecule has 1 heterocycles. The van der Waals surface area contributed by atoms with Gasteiger partial charge in [0.25, 0.3) is 0 Å². The Balaban J connectivity index is 2.24. The monoisotopic (exact) mass is 246 g/mol. The highest BCUT2D eigenvalue weighted by Gasteiger charge is 2.08. The van der Waals surface area contributed by atoms with Crippen molar-refractivity contribution in [1.82, 2.24) is 9.55 Å². The molecule has 4 heteroatoms. The molecule has 0 spiro atoms. The van der Waals surface area contributed by atoms with Crippen molar-refractivity contribution in [3.8, 4) is 11.5 Å². The molecule has 0 atom stereocenters. The molecule has 2 aromatic rings. The van der Waals surface area contributed by atoms with E-state index in [1.54, 1.807) is 25.4 Å². The van der Waals surface area contributed by atoms with Gasteiger partial charge in [-0.1, -0.05) is 6.92 Å². The Hall–Kier alpha value is -1.97. The highest BCUT2D eigenvalue weighted by atomic mass is 16.5. The summed E-state index contributed by atoms with van der Waals surface area (Å²) >= 11 is 0. The molecule has 0 aliphatic carbocycles. The Labute approximate surface area is 107 Å². The number of rotatable bonds is 5. The number of nitrogens with zero attached hydrogens (tertiary/aromatic N) is 2. The molecule has 96 valence electrons. The Morgan fingerprint density at radius 1 is 1.39 bits per heavy atom. The normalized spacial score (nSPS) is 10.6. The fourth-order valence-corrected chi connectivity index (χ4v) is 1.95. The molecular formula is C14H18N2O2. The summed E-state index contributed by atoms with van der Waals surface area (Å²) in [4.78, 5) is 4.34. The van der Waals surface area contributed by atoms with Crippen molar-refractivity contribution in [2.24, 2.45) is 0 Å². The molecule has 0 radical (unpaired) electrons. The van der Waals surface area contributed by atoms with E-state index in [0.717, 1.165) is 30.1 Å². The summed E-state index contributed by atoms with van der Waals surface area (Å²) in [5.41, 5.74) is 0.831. The number of phenols is 1. The van der Waals surface area contributed by atoms with Crippen LogP contribution in [0, 0.1) is 0 Å². The van der Waals surface area contributed by atoms with E-state index in [-0.39, 0.29) is 5.75 Å². The van der Waals surface area contributed by atoms with Crippen LogP contribution in [0.15, 0.2) is 30.6 Å². The van der Waals surface area contributed by atoms with E-state index in [1.165, 1.54) is 0 Å². The zero-order valence-corrected chi connectivity index (χ0v) is 10.8. The molecule has 0 saturated carbocycles. The lowest BCUT2D eigenvalue weighted by molar-refractivity contribution is 0.411. The predicted molar refractivity (Wildman–Crippen MR) is 70.0 cm³/mol. The lowest BCUT2D eigenvalue weighted by Gasteiger charge is -2.09. The smallest absolute Gasteiger partial charge is 0.119 e. The van der Waals surface area contributed by atoms with Crippen molar-refractivity contribution < 1.29 is 9.84 Å². The summed E-state index contributed by atoms with van der Waals surface area (Å²) in [6.45, 7) is 3.08. The first kappa shape index (κ1) is 12.5. The van der Waals surface area contributed by atoms with Crippen LogP contribution >= 0.6 is 0 Å². The van der Waals surface area contributed by atoms with Gasteiger partial charge >= 0.3 is 0 Å². The number of benzene rings is 1. The minimum Gasteiger partial charge on any atom is -0.508 e. The van der Waals surface area contributed by atoms with Gasteiger partial charge < -0.3 is 14.4 Å². The minimum absolute atomic E-state index is 0.279. The van der Waals surface area contributed by atoms with E-state index in [0.29, 0.717) is 6.42 Å². The second-order valence-electron chi connectivity index (χ2n) is 4.21. The number of aryl methyl sites for hydroxylation is 1. The number of ether oxygens (including phenoxy) is 1. The first-order valence-electron chi connectivity index (χ1n) is 6.10. The fourth-order valence-electron chi connectivity index (χ4n) is 1.95. The van der Waals surface area contributed by atoms with Gasteiger partial charge in [0, 0.05) is 30.9 Å². The van der Waals surface area contributed by atoms with Crippen molar-refractivity contribution in [3.63, 3.8) is 0 Å². The van der Waals surface area contributed by atoms with E-state index in [9.17, 15) is 5.11 Å². The molecule has 0 unspecified atom stereocenters. The van der Waals surface area contributed by atoms with Crippen LogP contribution in [-0.2, 0) is 13.0 Å². The number of phenolic OH excluding ortho intramolecular Hbond substituents is 1. The maximum Gasteiger partial charge on any atom is 0.119 e. The van der Waals surface area contributed by atoms with E-state index in [4.69, 9.17) is 4.74 Å². The maximum atomic E-state index is 9.86. The van der Waals surface area contributed by atoms with Crippen molar-refractivity contribution in [1.29, 1.82) is 0 Å². The summed E-state index contributed by atoms with van der Waals surface area (Å²) in [5.74, 6) is 1.98. The molecular weight excluding hydrogens is 228 g/mol. The lowest BCUT2D eigenvalue weighted by Crippen LogP contribution is -2.03. The number of imidazole rings is 1. The largest absolute Gasteiger partial charge is 0.508 e. The van der Waals surface area contributed by atoms with Gasteiger partial charge in [-0.15, -0.1) is 0 Å². The Kier molecular flexibility index (Phi) is 3.87. The topological polar surface area (TPSA) is 47.3 Å². The Morgan fingerprint density at radius 3 is 2.94 bits per heavy atom. The van der Waals surface area contributed by atoms with Crippen LogP contribution in [0.25, 0.3) is 0 Å². The average Bonchev–Trinajstić information content (AvgIpc) is 2.80. The summed E-state index contributed by atoms with van der Waals surface area (Å²) in [5, 5.41) is 9.86. The fraction of sp³-hybridized carbons (Fsp3) is 0.357. The highest BCUT2D eigenvalue weighted by molar-refractivity contribution is 5.40. The molecule has 4 nitrogen and oxygen atoms in total. The van der Waals surface area contributed by atoms with Crippen LogP contribution in [0.3, 0.4) is 0 Å². The SMILES string of the molecule is CCCn1ccnc1Cc1cc(OC)ccc1O. The number of aromatic hydroxyl groups is 1. The van der Waals surface area contributed by atoms with Crippen LogP contribution < -0.4 is 4.74 Å². The minimum atomic E-state index is 0.279. The second kappa shape index (κ2) is 5.58. The van der Waals surface area contributed by atoms with E-state index in [2.05, 4.69) is 16.5 Å². The zero-order chi connectivity index (χ0) is 13.0. The average molecular weight is 246 g/mol. The van der Waals surface area contributed by atoms with Gasteiger partial charge in [0.2, 0.25) is 0 Å². The van der Waals surface area contributed by atoms with Gasteiger partial charge in [-0.2, -0.15) is 0 Å². The van der Waals surface area contributed by atoms with E-state index in [1.807, 2.05) is 12.3 Å². The molecule has 2 rings (SSSR count). The van der Waals surface area contributed by atoms with Crippen LogP contribution in [-0.4, -0.2) is 21.8 Å². The van der Waals surface area contributed by atoms with Gasteiger partial charge in [0.15, 0.2) is 0 Å². The van der Waals surface area contributed by atoms with Crippen molar-refractivity contribution in [2.75, 3.05) is 7.11 Å². The molecule has 0 saturated heterocycles. The number of hydrogen-bond donors (Lipinski definition) is 1. The second-order valence-corrected chi connectivity index (χ2v) is 4.21. The van der Waals surface area contributed by atoms with E-state index >= 15 is 0 Å². The predicted octanol–water partition coefficient (Wildman–Crippen LogP) is 2.60. The van der Waals surface area contributed by atoms with Gasteiger partial charge in [-0.25, -0.2) is 4.98 Å². The quantitative estimate of drug-likeness (QED) is 0.882. The number of aromatic nitrogens is 2. The maximum absolute atomic E-state index is 9.86. The Bertz CT molecular complexity index is 520. The lowest BCUT2D eigenvalue weighted by atomic mass is 10.1. The van der Waals surface area contributed by atoms with Crippen molar-refractivity contribution in [3.05, 3.63) is 42.0 Å². The molecule has 0 bridgehead atoms. The van der Waals surface area contributed by atoms with Crippen molar-refractivity contribution in [2.45, 2.75) is 26.3 Å². The molecule has 18 heavy (non-hydrogen) atoms. The third-order valence-corrected chi connectivity index (χ3v) is 2.90. The third kappa shape index (κ3) is 2.64. The summed E-state index contributed by atoms with van der Waals surface area (Å²) in [7, 11) is 1.62. The molecule has 0 fully saturated rings. The Morgan fingerprint density at radius 2 is 2.22 bits per heavy atom. The summed E-state index contributed by atoms with van der Waals surface area (Å²) in [6.07, 6.45) is 5.43. The van der Waals surface area contributed by atoms with Gasteiger partial charge in [0.05, 0.1) is 7.11 Å². The standard InChI is InChI=1S/C14H18N2O2/c1-3-7-16-8-6-15-14(16)10-11-9-12(18-2)4-5-13(11)17/h4-6,8-9,17H,3,7,10H2,1-2H3. The first-order chi connectivity index (χ1) is 8.74. The van der Waals surface area contributed by atoms with Gasteiger partial charge in [-0.3, -0.25) is 0 Å². The first-order valence-corrected chi connectivity index (χ1v) is 6.10. The molecule has 0 aliphatic heterocycles. The third-order valence-electron chi connectivity index (χ3n) is 2.90. The highest BCUT2D eigenvalue weighted by Crippen LogP contribution is 2.24. The summed E-state index contributed by atoms with van der Waals surface area (Å²) < 4.78 is 7.28. The van der Waals surface area contributed by atoms with Crippen molar-refractivity contribution >= 4 is 0 Å². The molecule has 0 aliphatic rings. The molecule has 1 N–H and O–H groups in total.